The molecule has 1 aromatic carbocycles. The van der Waals surface area contributed by atoms with Crippen LogP contribution in [0.2, 0.25) is 0 Å². The topological polar surface area (TPSA) is 61.3 Å². The van der Waals surface area contributed by atoms with Crippen LogP contribution in [0.5, 0.6) is 0 Å². The molecule has 2 heterocycles. The van der Waals surface area contributed by atoms with E-state index < -0.39 is 0 Å². The van der Waals surface area contributed by atoms with E-state index in [4.69, 9.17) is 0 Å². The molecule has 2 aliphatic rings. The Labute approximate surface area is 155 Å². The van der Waals surface area contributed by atoms with Crippen molar-refractivity contribution in [2.45, 2.75) is 58.2 Å². The molecule has 0 bridgehead atoms. The van der Waals surface area contributed by atoms with Gasteiger partial charge in [0.1, 0.15) is 11.6 Å². The molecule has 2 aromatic rings. The number of aliphatic hydroxyl groups is 1. The number of aryl methyl sites for hydroxylation is 2. The highest BCUT2D eigenvalue weighted by molar-refractivity contribution is 5.48. The van der Waals surface area contributed by atoms with Crippen LogP contribution >= 0.6 is 0 Å². The molecule has 1 aliphatic carbocycles. The minimum absolute atomic E-state index is 0.171. The van der Waals surface area contributed by atoms with E-state index in [0.29, 0.717) is 0 Å². The van der Waals surface area contributed by atoms with Crippen LogP contribution in [0.1, 0.15) is 47.5 Å². The molecule has 1 atom stereocenters. The molecule has 1 fully saturated rings. The fourth-order valence-corrected chi connectivity index (χ4v) is 4.12. The molecular weight excluding hydrogens is 324 g/mol. The van der Waals surface area contributed by atoms with Crippen LogP contribution in [0, 0.1) is 6.92 Å². The van der Waals surface area contributed by atoms with Gasteiger partial charge in [0, 0.05) is 37.4 Å². The molecular formula is C21H28N4O. The van der Waals surface area contributed by atoms with Gasteiger partial charge in [-0.1, -0.05) is 24.3 Å². The second-order valence-corrected chi connectivity index (χ2v) is 7.55. The van der Waals surface area contributed by atoms with E-state index in [1.54, 1.807) is 0 Å². The third-order valence-corrected chi connectivity index (χ3v) is 5.50. The quantitative estimate of drug-likeness (QED) is 0.866. The third-order valence-electron chi connectivity index (χ3n) is 5.50. The summed E-state index contributed by atoms with van der Waals surface area (Å²) in [6.07, 6.45) is 5.31. The molecule has 0 amide bonds. The monoisotopic (exact) mass is 352 g/mol. The van der Waals surface area contributed by atoms with E-state index in [1.807, 2.05) is 6.92 Å². The van der Waals surface area contributed by atoms with Crippen molar-refractivity contribution in [2.75, 3.05) is 18.4 Å². The molecule has 5 heteroatoms. The zero-order valence-electron chi connectivity index (χ0n) is 15.5. The lowest BCUT2D eigenvalue weighted by atomic mass is 9.96. The van der Waals surface area contributed by atoms with Crippen molar-refractivity contribution < 1.29 is 5.11 Å². The van der Waals surface area contributed by atoms with Gasteiger partial charge in [0.2, 0.25) is 0 Å². The molecule has 138 valence electrons. The van der Waals surface area contributed by atoms with Gasteiger partial charge >= 0.3 is 0 Å². The van der Waals surface area contributed by atoms with E-state index in [2.05, 4.69) is 44.5 Å². The van der Waals surface area contributed by atoms with Crippen molar-refractivity contribution in [3.05, 3.63) is 52.5 Å². The van der Waals surface area contributed by atoms with Gasteiger partial charge in [-0.2, -0.15) is 0 Å². The first-order valence-electron chi connectivity index (χ1n) is 9.76. The lowest BCUT2D eigenvalue weighted by Crippen LogP contribution is -2.22. The molecule has 1 saturated heterocycles. The largest absolute Gasteiger partial charge is 0.392 e. The Balaban J connectivity index is 1.49. The van der Waals surface area contributed by atoms with Crippen molar-refractivity contribution >= 4 is 5.82 Å². The summed E-state index contributed by atoms with van der Waals surface area (Å²) in [5, 5.41) is 13.4. The van der Waals surface area contributed by atoms with Gasteiger partial charge in [0.15, 0.2) is 0 Å². The molecule has 1 aliphatic heterocycles. The first-order valence-corrected chi connectivity index (χ1v) is 9.76. The maximum atomic E-state index is 9.77. The lowest BCUT2D eigenvalue weighted by Gasteiger charge is -2.21. The number of hydrogen-bond acceptors (Lipinski definition) is 5. The number of benzene rings is 1. The molecule has 0 saturated carbocycles. The number of β-amino-alcohol motifs (C(OH)–C–C–N with tert-alkyl or cyclic N) is 1. The van der Waals surface area contributed by atoms with E-state index in [0.717, 1.165) is 57.1 Å². The standard InChI is InChI=1S/C21H28N4O/c1-15-23-20-9-5-4-8-19(20)21(24-15)22-12-16-6-2-3-7-17(16)13-25-11-10-18(26)14-25/h2-3,6-7,18,26H,4-5,8-14H2,1H3,(H,22,23,24). The Morgan fingerprint density at radius 1 is 1.15 bits per heavy atom. The predicted octanol–water partition coefficient (Wildman–Crippen LogP) is 2.84. The highest BCUT2D eigenvalue weighted by Gasteiger charge is 2.21. The molecule has 0 spiro atoms. The first-order chi connectivity index (χ1) is 12.7. The Hall–Kier alpha value is -1.98. The van der Waals surface area contributed by atoms with Gasteiger partial charge in [0.25, 0.3) is 0 Å². The molecule has 4 rings (SSSR count). The zero-order chi connectivity index (χ0) is 17.9. The van der Waals surface area contributed by atoms with Crippen LogP contribution in [0.15, 0.2) is 24.3 Å². The number of aromatic nitrogens is 2. The number of fused-ring (bicyclic) bond motifs is 1. The number of hydrogen-bond donors (Lipinski definition) is 2. The molecule has 1 unspecified atom stereocenters. The minimum atomic E-state index is -0.171. The summed E-state index contributed by atoms with van der Waals surface area (Å²) in [5.74, 6) is 1.87. The summed E-state index contributed by atoms with van der Waals surface area (Å²) < 4.78 is 0. The second kappa shape index (κ2) is 7.72. The summed E-state index contributed by atoms with van der Waals surface area (Å²) in [5.41, 5.74) is 5.16. The fourth-order valence-electron chi connectivity index (χ4n) is 4.12. The highest BCUT2D eigenvalue weighted by atomic mass is 16.3. The van der Waals surface area contributed by atoms with E-state index in [1.165, 1.54) is 35.2 Å². The summed E-state index contributed by atoms with van der Waals surface area (Å²) in [6.45, 7) is 5.40. The zero-order valence-corrected chi connectivity index (χ0v) is 15.5. The molecule has 0 radical (unpaired) electrons. The number of aliphatic hydroxyl groups excluding tert-OH is 1. The normalized spacial score (nSPS) is 20.2. The number of likely N-dealkylation sites (tertiary alicyclic amines) is 1. The maximum Gasteiger partial charge on any atom is 0.133 e. The summed E-state index contributed by atoms with van der Waals surface area (Å²) in [7, 11) is 0. The Morgan fingerprint density at radius 2 is 1.96 bits per heavy atom. The Morgan fingerprint density at radius 3 is 2.77 bits per heavy atom. The lowest BCUT2D eigenvalue weighted by molar-refractivity contribution is 0.174. The maximum absolute atomic E-state index is 9.77. The van der Waals surface area contributed by atoms with Crippen molar-refractivity contribution in [3.63, 3.8) is 0 Å². The van der Waals surface area contributed by atoms with Crippen LogP contribution in [0.25, 0.3) is 0 Å². The predicted molar refractivity (Wildman–Crippen MR) is 103 cm³/mol. The number of rotatable bonds is 5. The van der Waals surface area contributed by atoms with Crippen LogP contribution in [-0.2, 0) is 25.9 Å². The van der Waals surface area contributed by atoms with Crippen LogP contribution in [0.3, 0.4) is 0 Å². The second-order valence-electron chi connectivity index (χ2n) is 7.55. The van der Waals surface area contributed by atoms with Gasteiger partial charge in [-0.3, -0.25) is 4.90 Å². The van der Waals surface area contributed by atoms with Crippen molar-refractivity contribution in [1.29, 1.82) is 0 Å². The van der Waals surface area contributed by atoms with Crippen LogP contribution in [-0.4, -0.2) is 39.2 Å². The van der Waals surface area contributed by atoms with Gasteiger partial charge in [-0.25, -0.2) is 9.97 Å². The summed E-state index contributed by atoms with van der Waals surface area (Å²) in [4.78, 5) is 11.7. The summed E-state index contributed by atoms with van der Waals surface area (Å²) >= 11 is 0. The molecule has 5 nitrogen and oxygen atoms in total. The number of nitrogens with one attached hydrogen (secondary N) is 1. The molecule has 26 heavy (non-hydrogen) atoms. The number of nitrogens with zero attached hydrogens (tertiary/aromatic N) is 3. The Bertz CT molecular complexity index is 777. The number of anilines is 1. The van der Waals surface area contributed by atoms with Gasteiger partial charge < -0.3 is 10.4 Å². The van der Waals surface area contributed by atoms with Gasteiger partial charge in [0.05, 0.1) is 6.10 Å². The average Bonchev–Trinajstić information content (AvgIpc) is 3.05. The Kier molecular flexibility index (Phi) is 5.18. The summed E-state index contributed by atoms with van der Waals surface area (Å²) in [6, 6.07) is 8.58. The van der Waals surface area contributed by atoms with Crippen LogP contribution in [0.4, 0.5) is 5.82 Å². The van der Waals surface area contributed by atoms with E-state index >= 15 is 0 Å². The minimum Gasteiger partial charge on any atom is -0.392 e. The fraction of sp³-hybridized carbons (Fsp3) is 0.524. The van der Waals surface area contributed by atoms with E-state index in [9.17, 15) is 5.11 Å². The van der Waals surface area contributed by atoms with Crippen molar-refractivity contribution in [1.82, 2.24) is 14.9 Å². The molecule has 2 N–H and O–H groups in total. The first kappa shape index (κ1) is 17.4. The van der Waals surface area contributed by atoms with Gasteiger partial charge in [-0.05, 0) is 50.2 Å². The smallest absolute Gasteiger partial charge is 0.133 e. The van der Waals surface area contributed by atoms with Crippen LogP contribution < -0.4 is 5.32 Å². The third kappa shape index (κ3) is 3.89. The van der Waals surface area contributed by atoms with E-state index in [-0.39, 0.29) is 6.10 Å². The highest BCUT2D eigenvalue weighted by Crippen LogP contribution is 2.26. The van der Waals surface area contributed by atoms with Gasteiger partial charge in [-0.15, -0.1) is 0 Å². The average molecular weight is 352 g/mol. The van der Waals surface area contributed by atoms with Crippen molar-refractivity contribution in [3.8, 4) is 0 Å². The molecule has 1 aromatic heterocycles. The SMILES string of the molecule is Cc1nc2c(c(NCc3ccccc3CN3CCC(O)C3)n1)CCCC2. The van der Waals surface area contributed by atoms with Crippen molar-refractivity contribution in [2.24, 2.45) is 0 Å².